The number of ether oxygens (including phenoxy) is 3. The molecule has 2 aliphatic rings. The van der Waals surface area contributed by atoms with Crippen molar-refractivity contribution < 1.29 is 28.6 Å². The number of esters is 1. The number of thiophene rings is 1. The van der Waals surface area contributed by atoms with Crippen LogP contribution in [0.4, 0.5) is 0 Å². The minimum absolute atomic E-state index is 0.0201. The summed E-state index contributed by atoms with van der Waals surface area (Å²) in [4.78, 5) is 42.1. The van der Waals surface area contributed by atoms with Crippen molar-refractivity contribution in [1.82, 2.24) is 4.90 Å². The van der Waals surface area contributed by atoms with Gasteiger partial charge in [0.2, 0.25) is 5.91 Å². The third-order valence-corrected chi connectivity index (χ3v) is 7.41. The third-order valence-electron chi connectivity index (χ3n) is 6.40. The van der Waals surface area contributed by atoms with E-state index in [-0.39, 0.29) is 17.4 Å². The summed E-state index contributed by atoms with van der Waals surface area (Å²) in [5, 5.41) is 1.82. The molecule has 1 aromatic heterocycles. The number of aldehydes is 1. The van der Waals surface area contributed by atoms with Gasteiger partial charge in [-0.05, 0) is 75.7 Å². The Labute approximate surface area is 215 Å². The van der Waals surface area contributed by atoms with E-state index in [1.54, 1.807) is 44.9 Å². The van der Waals surface area contributed by atoms with Crippen molar-refractivity contribution >= 4 is 29.5 Å². The molecular weight excluding hydrogens is 480 g/mol. The van der Waals surface area contributed by atoms with Crippen LogP contribution in [0.25, 0.3) is 0 Å². The molecule has 1 aromatic carbocycles. The first-order valence-electron chi connectivity index (χ1n) is 11.9. The van der Waals surface area contributed by atoms with E-state index in [4.69, 9.17) is 19.9 Å². The van der Waals surface area contributed by atoms with E-state index >= 15 is 0 Å². The molecule has 192 valence electrons. The minimum atomic E-state index is -1.58. The second-order valence-corrected chi connectivity index (χ2v) is 11.2. The summed E-state index contributed by atoms with van der Waals surface area (Å²) in [5.41, 5.74) is 5.56. The standard InChI is InChI=1S/C27H32N2O6S/c1-15(2)34-20-13-17-16(12-19(20)33-6)9-10-29-22(24(31)35-26(3,4)5)18(14-30)27(23(17)29,25(28)32)21-8-7-11-36-21/h7-8,11-15,23H,9-10H2,1-6H3,(H2,28,32). The van der Waals surface area contributed by atoms with Gasteiger partial charge < -0.3 is 24.8 Å². The van der Waals surface area contributed by atoms with Gasteiger partial charge in [0.05, 0.1) is 19.3 Å². The number of carbonyl (C=O) groups is 3. The van der Waals surface area contributed by atoms with Gasteiger partial charge in [-0.2, -0.15) is 0 Å². The Hall–Kier alpha value is -3.33. The first-order valence-corrected chi connectivity index (χ1v) is 12.7. The fourth-order valence-electron chi connectivity index (χ4n) is 5.19. The molecular formula is C27H32N2O6S. The molecule has 0 spiro atoms. The molecule has 36 heavy (non-hydrogen) atoms. The van der Waals surface area contributed by atoms with Crippen LogP contribution in [0.3, 0.4) is 0 Å². The van der Waals surface area contributed by atoms with Crippen molar-refractivity contribution in [1.29, 1.82) is 0 Å². The van der Waals surface area contributed by atoms with Crippen LogP contribution in [0.15, 0.2) is 40.9 Å². The van der Waals surface area contributed by atoms with Crippen LogP contribution in [0, 0.1) is 0 Å². The van der Waals surface area contributed by atoms with Gasteiger partial charge >= 0.3 is 5.97 Å². The normalized spacial score (nSPS) is 21.2. The Morgan fingerprint density at radius 2 is 1.97 bits per heavy atom. The maximum Gasteiger partial charge on any atom is 0.355 e. The number of fused-ring (bicyclic) bond motifs is 3. The summed E-state index contributed by atoms with van der Waals surface area (Å²) in [6, 6.07) is 6.58. The Balaban J connectivity index is 2.03. The van der Waals surface area contributed by atoms with E-state index in [0.717, 1.165) is 11.1 Å². The molecule has 2 aliphatic heterocycles. The van der Waals surface area contributed by atoms with Crippen LogP contribution in [-0.2, 0) is 31.0 Å². The molecule has 4 rings (SSSR count). The number of carbonyl (C=O) groups excluding carboxylic acids is 3. The van der Waals surface area contributed by atoms with Crippen LogP contribution < -0.4 is 15.2 Å². The highest BCUT2D eigenvalue weighted by Gasteiger charge is 2.62. The van der Waals surface area contributed by atoms with E-state index in [2.05, 4.69) is 0 Å². The number of methoxy groups -OCH3 is 1. The van der Waals surface area contributed by atoms with Gasteiger partial charge in [-0.1, -0.05) is 6.07 Å². The first kappa shape index (κ1) is 25.8. The second-order valence-electron chi connectivity index (χ2n) is 10.2. The fourth-order valence-corrected chi connectivity index (χ4v) is 6.16. The maximum atomic E-state index is 13.5. The summed E-state index contributed by atoms with van der Waals surface area (Å²) in [7, 11) is 1.58. The van der Waals surface area contributed by atoms with Crippen molar-refractivity contribution in [2.75, 3.05) is 13.7 Å². The number of nitrogens with zero attached hydrogens (tertiary/aromatic N) is 1. The molecule has 2 atom stereocenters. The molecule has 2 N–H and O–H groups in total. The second kappa shape index (κ2) is 9.28. The summed E-state index contributed by atoms with van der Waals surface area (Å²) >= 11 is 1.32. The molecule has 2 aromatic rings. The summed E-state index contributed by atoms with van der Waals surface area (Å²) in [6.07, 6.45) is 1.01. The molecule has 0 fully saturated rings. The number of rotatable bonds is 7. The largest absolute Gasteiger partial charge is 0.493 e. The molecule has 8 nitrogen and oxygen atoms in total. The molecule has 2 unspecified atom stereocenters. The number of hydrogen-bond donors (Lipinski definition) is 1. The lowest BCUT2D eigenvalue weighted by Crippen LogP contribution is -2.50. The molecule has 0 aliphatic carbocycles. The highest BCUT2D eigenvalue weighted by atomic mass is 32.1. The van der Waals surface area contributed by atoms with E-state index in [0.29, 0.717) is 35.6 Å². The lowest BCUT2D eigenvalue weighted by molar-refractivity contribution is -0.152. The highest BCUT2D eigenvalue weighted by molar-refractivity contribution is 7.10. The van der Waals surface area contributed by atoms with Crippen molar-refractivity contribution in [2.24, 2.45) is 5.73 Å². The quantitative estimate of drug-likeness (QED) is 0.445. The predicted octanol–water partition coefficient (Wildman–Crippen LogP) is 3.67. The summed E-state index contributed by atoms with van der Waals surface area (Å²) < 4.78 is 17.3. The minimum Gasteiger partial charge on any atom is -0.493 e. The predicted molar refractivity (Wildman–Crippen MR) is 136 cm³/mol. The molecule has 0 bridgehead atoms. The van der Waals surface area contributed by atoms with Gasteiger partial charge in [-0.3, -0.25) is 9.59 Å². The number of primary amides is 1. The fraction of sp³-hybridized carbons (Fsp3) is 0.444. The maximum absolute atomic E-state index is 13.5. The van der Waals surface area contributed by atoms with Gasteiger partial charge in [0.15, 0.2) is 11.5 Å². The third kappa shape index (κ3) is 4.05. The Kier molecular flexibility index (Phi) is 6.64. The van der Waals surface area contributed by atoms with Crippen molar-refractivity contribution in [2.45, 2.75) is 64.2 Å². The van der Waals surface area contributed by atoms with Crippen LogP contribution in [0.5, 0.6) is 11.5 Å². The number of benzene rings is 1. The molecule has 0 saturated carbocycles. The summed E-state index contributed by atoms with van der Waals surface area (Å²) in [6.45, 7) is 9.47. The van der Waals surface area contributed by atoms with Crippen LogP contribution in [0.1, 0.15) is 56.7 Å². The lowest BCUT2D eigenvalue weighted by Gasteiger charge is -2.42. The van der Waals surface area contributed by atoms with Gasteiger partial charge in [0.25, 0.3) is 0 Å². The molecule has 0 radical (unpaired) electrons. The monoisotopic (exact) mass is 512 g/mol. The zero-order valence-corrected chi connectivity index (χ0v) is 22.2. The Bertz CT molecular complexity index is 1230. The smallest absolute Gasteiger partial charge is 0.355 e. The van der Waals surface area contributed by atoms with Crippen molar-refractivity contribution in [3.8, 4) is 11.5 Å². The molecule has 0 saturated heterocycles. The Morgan fingerprint density at radius 3 is 2.50 bits per heavy atom. The zero-order chi connectivity index (χ0) is 26.4. The van der Waals surface area contributed by atoms with Gasteiger partial charge in [0, 0.05) is 17.0 Å². The topological polar surface area (TPSA) is 108 Å². The lowest BCUT2D eigenvalue weighted by atomic mass is 9.69. The van der Waals surface area contributed by atoms with E-state index in [1.165, 1.54) is 11.3 Å². The van der Waals surface area contributed by atoms with Gasteiger partial charge in [-0.25, -0.2) is 4.79 Å². The van der Waals surface area contributed by atoms with Crippen LogP contribution in [0.2, 0.25) is 0 Å². The van der Waals surface area contributed by atoms with Gasteiger partial charge in [0.1, 0.15) is 23.0 Å². The molecule has 9 heteroatoms. The van der Waals surface area contributed by atoms with Crippen molar-refractivity contribution in [3.05, 3.63) is 56.9 Å². The first-order chi connectivity index (χ1) is 16.9. The number of amides is 1. The number of nitrogens with two attached hydrogens (primary N) is 1. The molecule has 3 heterocycles. The number of hydrogen-bond acceptors (Lipinski definition) is 8. The van der Waals surface area contributed by atoms with Gasteiger partial charge in [-0.15, -0.1) is 11.3 Å². The Morgan fingerprint density at radius 1 is 1.25 bits per heavy atom. The van der Waals surface area contributed by atoms with Crippen LogP contribution >= 0.6 is 11.3 Å². The average Bonchev–Trinajstić information content (AvgIpc) is 3.41. The zero-order valence-electron chi connectivity index (χ0n) is 21.4. The molecule has 1 amide bonds. The van der Waals surface area contributed by atoms with E-state index < -0.39 is 28.9 Å². The van der Waals surface area contributed by atoms with Crippen molar-refractivity contribution in [3.63, 3.8) is 0 Å². The highest BCUT2D eigenvalue weighted by Crippen LogP contribution is 2.58. The average molecular weight is 513 g/mol. The summed E-state index contributed by atoms with van der Waals surface area (Å²) in [5.74, 6) is -0.290. The SMILES string of the molecule is COc1cc2c(cc1OC(C)C)C1N(CC2)C(C(=O)OC(C)(C)C)=C(C=O)C1(C(N)=O)c1cccs1. The van der Waals surface area contributed by atoms with E-state index in [9.17, 15) is 14.4 Å². The van der Waals surface area contributed by atoms with Crippen LogP contribution in [-0.4, -0.2) is 48.4 Å². The van der Waals surface area contributed by atoms with E-state index in [1.807, 2.05) is 31.4 Å².